The minimum Gasteiger partial charge on any atom is -0.366 e. The lowest BCUT2D eigenvalue weighted by atomic mass is 9.88. The lowest BCUT2D eigenvalue weighted by molar-refractivity contribution is -0.115. The van der Waals surface area contributed by atoms with Gasteiger partial charge in [-0.25, -0.2) is 4.99 Å². The molecule has 2 aliphatic rings. The highest BCUT2D eigenvalue weighted by Crippen LogP contribution is 2.39. The number of nitrogens with zero attached hydrogens (tertiary/aromatic N) is 2. The van der Waals surface area contributed by atoms with E-state index in [1.807, 2.05) is 18.2 Å². The van der Waals surface area contributed by atoms with Crippen LogP contribution < -0.4 is 10.2 Å². The van der Waals surface area contributed by atoms with Crippen LogP contribution >= 0.6 is 23.4 Å². The Hall–Kier alpha value is -2.50. The number of aliphatic imine (C=N–C) groups is 1. The number of fused-ring (bicyclic) bond motifs is 1. The summed E-state index contributed by atoms with van der Waals surface area (Å²) in [6.45, 7) is 6.54. The maximum Gasteiger partial charge on any atom is 0.264 e. The Labute approximate surface area is 180 Å². The van der Waals surface area contributed by atoms with Crippen LogP contribution in [0.1, 0.15) is 31.9 Å². The number of amides is 1. The third-order valence-corrected chi connectivity index (χ3v) is 6.37. The Morgan fingerprint density at radius 2 is 2.00 bits per heavy atom. The first-order chi connectivity index (χ1) is 13.7. The third-order valence-electron chi connectivity index (χ3n) is 5.23. The number of rotatable bonds is 2. The first kappa shape index (κ1) is 19.8. The molecule has 2 aromatic carbocycles. The van der Waals surface area contributed by atoms with Crippen LogP contribution in [0.2, 0.25) is 5.02 Å². The molecular weight excluding hydrogens is 402 g/mol. The number of allylic oxidation sites excluding steroid dienone is 1. The molecule has 0 saturated carbocycles. The van der Waals surface area contributed by atoms with Crippen LogP contribution in [-0.2, 0) is 4.79 Å². The summed E-state index contributed by atoms with van der Waals surface area (Å²) in [6.07, 6.45) is 4.19. The van der Waals surface area contributed by atoms with Crippen molar-refractivity contribution in [3.8, 4) is 0 Å². The molecule has 2 aliphatic heterocycles. The molecule has 1 fully saturated rings. The molecule has 2 aromatic rings. The first-order valence-corrected chi connectivity index (χ1v) is 10.6. The average molecular weight is 424 g/mol. The molecule has 29 heavy (non-hydrogen) atoms. The Kier molecular flexibility index (Phi) is 5.05. The van der Waals surface area contributed by atoms with Gasteiger partial charge in [0.25, 0.3) is 5.91 Å². The van der Waals surface area contributed by atoms with Crippen molar-refractivity contribution in [3.63, 3.8) is 0 Å². The second-order valence-electron chi connectivity index (χ2n) is 7.78. The Morgan fingerprint density at radius 1 is 1.21 bits per heavy atom. The minimum absolute atomic E-state index is 0.0239. The van der Waals surface area contributed by atoms with Crippen molar-refractivity contribution in [2.45, 2.75) is 26.3 Å². The Balaban J connectivity index is 1.62. The van der Waals surface area contributed by atoms with Crippen molar-refractivity contribution in [1.82, 2.24) is 5.32 Å². The highest BCUT2D eigenvalue weighted by molar-refractivity contribution is 8.18. The Bertz CT molecular complexity index is 1100. The predicted molar refractivity (Wildman–Crippen MR) is 125 cm³/mol. The van der Waals surface area contributed by atoms with Crippen LogP contribution in [0.15, 0.2) is 58.4 Å². The lowest BCUT2D eigenvalue weighted by Gasteiger charge is -2.40. The number of nitrogens with one attached hydrogen (secondary N) is 1. The molecule has 1 saturated heterocycles. The molecule has 1 amide bonds. The summed E-state index contributed by atoms with van der Waals surface area (Å²) in [5.41, 5.74) is 5.31. The minimum atomic E-state index is -0.140. The predicted octanol–water partition coefficient (Wildman–Crippen LogP) is 5.86. The van der Waals surface area contributed by atoms with Crippen LogP contribution in [0.5, 0.6) is 0 Å². The average Bonchev–Trinajstić information content (AvgIpc) is 2.98. The van der Waals surface area contributed by atoms with Crippen molar-refractivity contribution < 1.29 is 4.79 Å². The van der Waals surface area contributed by atoms with E-state index < -0.39 is 0 Å². The van der Waals surface area contributed by atoms with Gasteiger partial charge >= 0.3 is 0 Å². The van der Waals surface area contributed by atoms with Crippen molar-refractivity contribution in [3.05, 3.63) is 69.6 Å². The zero-order valence-corrected chi connectivity index (χ0v) is 18.4. The molecule has 0 unspecified atom stereocenters. The van der Waals surface area contributed by atoms with Gasteiger partial charge in [-0.1, -0.05) is 29.8 Å². The molecule has 0 bridgehead atoms. The fourth-order valence-corrected chi connectivity index (χ4v) is 4.59. The molecule has 4 nitrogen and oxygen atoms in total. The van der Waals surface area contributed by atoms with Gasteiger partial charge in [-0.3, -0.25) is 4.79 Å². The van der Waals surface area contributed by atoms with E-state index in [9.17, 15) is 4.79 Å². The Morgan fingerprint density at radius 3 is 2.76 bits per heavy atom. The van der Waals surface area contributed by atoms with Gasteiger partial charge in [0.2, 0.25) is 0 Å². The fraction of sp³-hybridized carbons (Fsp3) is 0.217. The number of hydrogen-bond acceptors (Lipinski definition) is 4. The zero-order valence-electron chi connectivity index (χ0n) is 16.8. The van der Waals surface area contributed by atoms with E-state index in [1.165, 1.54) is 28.6 Å². The van der Waals surface area contributed by atoms with Crippen molar-refractivity contribution in [2.75, 3.05) is 11.9 Å². The number of amidine groups is 1. The first-order valence-electron chi connectivity index (χ1n) is 9.36. The van der Waals surface area contributed by atoms with Gasteiger partial charge in [0, 0.05) is 23.3 Å². The van der Waals surface area contributed by atoms with Gasteiger partial charge in [0.1, 0.15) is 0 Å². The highest BCUT2D eigenvalue weighted by atomic mass is 35.5. The molecule has 1 N–H and O–H groups in total. The number of thioether (sulfide) groups is 1. The van der Waals surface area contributed by atoms with Gasteiger partial charge < -0.3 is 10.2 Å². The largest absolute Gasteiger partial charge is 0.366 e. The second kappa shape index (κ2) is 7.39. The summed E-state index contributed by atoms with van der Waals surface area (Å²) in [5.74, 6) is -0.140. The number of carbonyl (C=O) groups is 1. The molecule has 0 aromatic heterocycles. The van der Waals surface area contributed by atoms with Gasteiger partial charge in [-0.2, -0.15) is 0 Å². The highest BCUT2D eigenvalue weighted by Gasteiger charge is 2.29. The van der Waals surface area contributed by atoms with E-state index in [-0.39, 0.29) is 11.4 Å². The molecule has 0 radical (unpaired) electrons. The monoisotopic (exact) mass is 423 g/mol. The van der Waals surface area contributed by atoms with Crippen LogP contribution in [-0.4, -0.2) is 23.7 Å². The molecule has 148 valence electrons. The van der Waals surface area contributed by atoms with Gasteiger partial charge in [-0.15, -0.1) is 0 Å². The maximum atomic E-state index is 12.4. The lowest BCUT2D eigenvalue weighted by Crippen LogP contribution is -2.42. The van der Waals surface area contributed by atoms with Gasteiger partial charge in [-0.05, 0) is 80.1 Å². The zero-order chi connectivity index (χ0) is 20.8. The van der Waals surface area contributed by atoms with Crippen LogP contribution in [0, 0.1) is 0 Å². The van der Waals surface area contributed by atoms with E-state index in [0.29, 0.717) is 20.8 Å². The van der Waals surface area contributed by atoms with E-state index in [1.54, 1.807) is 12.1 Å². The summed E-state index contributed by atoms with van der Waals surface area (Å²) in [6, 6.07) is 13.6. The van der Waals surface area contributed by atoms with Crippen molar-refractivity contribution in [1.29, 1.82) is 0 Å². The number of anilines is 1. The maximum absolute atomic E-state index is 12.4. The number of benzene rings is 2. The van der Waals surface area contributed by atoms with Crippen LogP contribution in [0.25, 0.3) is 11.6 Å². The number of hydrogen-bond donors (Lipinski definition) is 1. The van der Waals surface area contributed by atoms with E-state index in [4.69, 9.17) is 11.6 Å². The van der Waals surface area contributed by atoms with Crippen molar-refractivity contribution >= 4 is 57.5 Å². The molecular formula is C23H22ClN3OS. The van der Waals surface area contributed by atoms with Gasteiger partial charge in [0.15, 0.2) is 5.17 Å². The molecule has 0 atom stereocenters. The standard InChI is InChI=1S/C23H22ClN3OS/c1-14-13-23(2,3)27(4)19-9-8-15(10-18(14)19)11-20-21(28)26-22(29-20)25-17-7-5-6-16(24)12-17/h5-13H,1-4H3,(H,25,26,28)/b20-11-. The fourth-order valence-electron chi connectivity index (χ4n) is 3.56. The molecule has 6 heteroatoms. The summed E-state index contributed by atoms with van der Waals surface area (Å²) in [7, 11) is 2.11. The summed E-state index contributed by atoms with van der Waals surface area (Å²) < 4.78 is 0. The van der Waals surface area contributed by atoms with E-state index in [0.717, 1.165) is 5.56 Å². The number of carbonyl (C=O) groups excluding carboxylic acids is 1. The topological polar surface area (TPSA) is 44.7 Å². The normalized spacial score (nSPS) is 20.7. The summed E-state index contributed by atoms with van der Waals surface area (Å²) in [4.78, 5) is 19.8. The number of halogens is 1. The SMILES string of the molecule is CC1=CC(C)(C)N(C)c2ccc(/C=C3\SC(=Nc4cccc(Cl)c4)NC3=O)cc21. The van der Waals surface area contributed by atoms with E-state index >= 15 is 0 Å². The summed E-state index contributed by atoms with van der Waals surface area (Å²) in [5, 5.41) is 3.99. The quantitative estimate of drug-likeness (QED) is 0.615. The smallest absolute Gasteiger partial charge is 0.264 e. The van der Waals surface area contributed by atoms with Crippen LogP contribution in [0.3, 0.4) is 0 Å². The molecule has 0 spiro atoms. The van der Waals surface area contributed by atoms with Gasteiger partial charge in [0.05, 0.1) is 16.1 Å². The second-order valence-corrected chi connectivity index (χ2v) is 9.25. The summed E-state index contributed by atoms with van der Waals surface area (Å²) >= 11 is 7.34. The van der Waals surface area contributed by atoms with Crippen LogP contribution in [0.4, 0.5) is 11.4 Å². The molecule has 4 rings (SSSR count). The molecule has 2 heterocycles. The van der Waals surface area contributed by atoms with Crippen molar-refractivity contribution in [2.24, 2.45) is 4.99 Å². The third kappa shape index (κ3) is 3.98. The van der Waals surface area contributed by atoms with E-state index in [2.05, 4.69) is 67.3 Å². The number of likely N-dealkylation sites (N-methyl/N-ethyl adjacent to an activating group) is 1. The molecule has 0 aliphatic carbocycles.